The summed E-state index contributed by atoms with van der Waals surface area (Å²) in [5.41, 5.74) is -1.22. The zero-order valence-corrected chi connectivity index (χ0v) is 15.7. The molecule has 0 radical (unpaired) electrons. The van der Waals surface area contributed by atoms with E-state index in [0.717, 1.165) is 0 Å². The van der Waals surface area contributed by atoms with E-state index in [4.69, 9.17) is 8.85 Å². The van der Waals surface area contributed by atoms with Gasteiger partial charge in [0.1, 0.15) is 5.69 Å². The van der Waals surface area contributed by atoms with Gasteiger partial charge in [0.25, 0.3) is 0 Å². The molecular weight excluding hydrogens is 379 g/mol. The van der Waals surface area contributed by atoms with Crippen molar-refractivity contribution < 1.29 is 35.8 Å². The summed E-state index contributed by atoms with van der Waals surface area (Å²) in [6.07, 6.45) is 0.110. The quantitative estimate of drug-likeness (QED) is 0.263. The molecule has 2 amide bonds. The Hall–Kier alpha value is -1.72. The highest BCUT2D eigenvalue weighted by atomic mass is 28.4. The fraction of sp³-hybridized carbons (Fsp3) is 0.533. The molecule has 0 spiro atoms. The molecule has 0 aliphatic rings. The fourth-order valence-corrected chi connectivity index (χ4v) is 4.69. The first-order valence-corrected chi connectivity index (χ1v) is 10.5. The standard InChI is InChI=1S/C15H21F5N2O3Si/c1-4-24-26(3,25-5-2)10-6-9-21(19)15(23)22(20)12-8-7-11(16)13(17)14(12)18/h7-8H,4-6,9-10H2,1-3H3. The average molecular weight is 400 g/mol. The normalized spacial score (nSPS) is 11.5. The van der Waals surface area contributed by atoms with E-state index >= 15 is 0 Å². The van der Waals surface area contributed by atoms with E-state index in [9.17, 15) is 26.9 Å². The first kappa shape index (κ1) is 22.3. The summed E-state index contributed by atoms with van der Waals surface area (Å²) < 4.78 is 78.3. The van der Waals surface area contributed by atoms with Crippen LogP contribution in [0.3, 0.4) is 0 Å². The van der Waals surface area contributed by atoms with Gasteiger partial charge >= 0.3 is 14.6 Å². The van der Waals surface area contributed by atoms with Crippen molar-refractivity contribution in [1.29, 1.82) is 0 Å². The summed E-state index contributed by atoms with van der Waals surface area (Å²) in [4.78, 5) is 11.7. The highest BCUT2D eigenvalue weighted by molar-refractivity contribution is 6.66. The molecule has 0 heterocycles. The number of urea groups is 1. The predicted octanol–water partition coefficient (Wildman–Crippen LogP) is 4.64. The smallest absolute Gasteiger partial charge is 0.381 e. The SMILES string of the molecule is CCO[Si](C)(CCCN(F)C(=O)N(F)c1ccc(F)c(F)c1F)OCC. The lowest BCUT2D eigenvalue weighted by atomic mass is 10.3. The molecule has 148 valence electrons. The second-order valence-electron chi connectivity index (χ2n) is 5.45. The predicted molar refractivity (Wildman–Crippen MR) is 87.4 cm³/mol. The number of rotatable bonds is 9. The first-order chi connectivity index (χ1) is 12.2. The monoisotopic (exact) mass is 400 g/mol. The second kappa shape index (κ2) is 9.83. The Balaban J connectivity index is 2.68. The van der Waals surface area contributed by atoms with Gasteiger partial charge in [-0.15, -0.1) is 5.12 Å². The van der Waals surface area contributed by atoms with Crippen LogP contribution in [0.1, 0.15) is 20.3 Å². The number of hydrogen-bond donors (Lipinski definition) is 0. The number of carbonyl (C=O) groups excluding carboxylic acids is 1. The minimum atomic E-state index is -2.53. The number of anilines is 1. The lowest BCUT2D eigenvalue weighted by Crippen LogP contribution is -2.40. The van der Waals surface area contributed by atoms with Crippen LogP contribution in [0.15, 0.2) is 12.1 Å². The maximum Gasteiger partial charge on any atom is 0.381 e. The Labute approximate surface area is 149 Å². The van der Waals surface area contributed by atoms with E-state index < -0.39 is 54.5 Å². The van der Waals surface area contributed by atoms with Crippen molar-refractivity contribution in [2.45, 2.75) is 32.9 Å². The van der Waals surface area contributed by atoms with Gasteiger partial charge in [0.15, 0.2) is 17.5 Å². The van der Waals surface area contributed by atoms with Crippen LogP contribution in [0, 0.1) is 17.5 Å². The van der Waals surface area contributed by atoms with Crippen LogP contribution in [0.5, 0.6) is 0 Å². The highest BCUT2D eigenvalue weighted by Gasteiger charge is 2.32. The van der Waals surface area contributed by atoms with Crippen molar-refractivity contribution in [2.75, 3.05) is 24.9 Å². The number of hydrogen-bond acceptors (Lipinski definition) is 3. The lowest BCUT2D eigenvalue weighted by molar-refractivity contribution is 0.0624. The van der Waals surface area contributed by atoms with Gasteiger partial charge < -0.3 is 8.85 Å². The number of amides is 2. The minimum absolute atomic E-state index is 0.110. The first-order valence-electron chi connectivity index (χ1n) is 8.01. The van der Waals surface area contributed by atoms with E-state index in [-0.39, 0.29) is 6.42 Å². The van der Waals surface area contributed by atoms with Crippen LogP contribution in [0.2, 0.25) is 12.6 Å². The Morgan fingerprint density at radius 1 is 1.08 bits per heavy atom. The second-order valence-corrected chi connectivity index (χ2v) is 8.79. The number of carbonyl (C=O) groups is 1. The molecule has 26 heavy (non-hydrogen) atoms. The van der Waals surface area contributed by atoms with E-state index in [1.165, 1.54) is 0 Å². The van der Waals surface area contributed by atoms with Crippen molar-refractivity contribution in [2.24, 2.45) is 0 Å². The van der Waals surface area contributed by atoms with Gasteiger partial charge in [-0.25, -0.2) is 18.0 Å². The van der Waals surface area contributed by atoms with Crippen LogP contribution < -0.4 is 5.12 Å². The van der Waals surface area contributed by atoms with Gasteiger partial charge in [0.05, 0.1) is 6.54 Å². The minimum Gasteiger partial charge on any atom is -0.395 e. The number of benzene rings is 1. The fourth-order valence-electron chi connectivity index (χ4n) is 2.30. The highest BCUT2D eigenvalue weighted by Crippen LogP contribution is 2.25. The molecule has 0 aromatic heterocycles. The summed E-state index contributed by atoms with van der Waals surface area (Å²) in [6, 6.07) is -0.592. The third kappa shape index (κ3) is 5.64. The third-order valence-corrected chi connectivity index (χ3v) is 6.55. The molecule has 0 aliphatic heterocycles. The van der Waals surface area contributed by atoms with E-state index in [0.29, 0.717) is 31.4 Å². The van der Waals surface area contributed by atoms with Crippen molar-refractivity contribution in [3.8, 4) is 0 Å². The van der Waals surface area contributed by atoms with Gasteiger partial charge in [-0.05, 0) is 45.0 Å². The van der Waals surface area contributed by atoms with Gasteiger partial charge in [0.2, 0.25) is 0 Å². The maximum atomic E-state index is 13.9. The zero-order chi connectivity index (χ0) is 19.9. The molecule has 5 nitrogen and oxygen atoms in total. The van der Waals surface area contributed by atoms with Crippen molar-refractivity contribution in [1.82, 2.24) is 5.12 Å². The number of halogens is 5. The Bertz CT molecular complexity index is 617. The Morgan fingerprint density at radius 3 is 2.19 bits per heavy atom. The van der Waals surface area contributed by atoms with Gasteiger partial charge in [-0.3, -0.25) is 0 Å². The maximum absolute atomic E-state index is 13.9. The molecular formula is C15H21F5N2O3Si. The molecule has 1 aromatic rings. The summed E-state index contributed by atoms with van der Waals surface area (Å²) in [5, 5.41) is -1.40. The van der Waals surface area contributed by atoms with E-state index in [1.54, 1.807) is 20.4 Å². The topological polar surface area (TPSA) is 42.0 Å². The summed E-state index contributed by atoms with van der Waals surface area (Å²) in [6.45, 7) is 5.67. The van der Waals surface area contributed by atoms with Crippen LogP contribution in [-0.2, 0) is 8.85 Å². The van der Waals surface area contributed by atoms with E-state index in [1.807, 2.05) is 0 Å². The molecule has 0 unspecified atom stereocenters. The molecule has 0 fully saturated rings. The summed E-state index contributed by atoms with van der Waals surface area (Å²) >= 11 is 0. The van der Waals surface area contributed by atoms with Crippen LogP contribution in [-0.4, -0.2) is 39.5 Å². The molecule has 1 rings (SSSR count). The van der Waals surface area contributed by atoms with Crippen molar-refractivity contribution in [3.63, 3.8) is 0 Å². The van der Waals surface area contributed by atoms with Crippen LogP contribution in [0.4, 0.5) is 32.6 Å². The van der Waals surface area contributed by atoms with Gasteiger partial charge in [-0.2, -0.15) is 5.12 Å². The Kier molecular flexibility index (Phi) is 8.44. The molecule has 0 aliphatic carbocycles. The summed E-state index contributed by atoms with van der Waals surface area (Å²) in [7, 11) is -2.53. The molecule has 0 saturated carbocycles. The molecule has 0 atom stereocenters. The Morgan fingerprint density at radius 2 is 1.65 bits per heavy atom. The van der Waals surface area contributed by atoms with Crippen LogP contribution in [0.25, 0.3) is 0 Å². The van der Waals surface area contributed by atoms with Crippen molar-refractivity contribution in [3.05, 3.63) is 29.6 Å². The number of nitrogens with zero attached hydrogens (tertiary/aromatic N) is 2. The zero-order valence-electron chi connectivity index (χ0n) is 14.7. The third-order valence-electron chi connectivity index (χ3n) is 3.49. The molecule has 11 heteroatoms. The van der Waals surface area contributed by atoms with E-state index in [2.05, 4.69) is 0 Å². The van der Waals surface area contributed by atoms with Crippen LogP contribution >= 0.6 is 0 Å². The average Bonchev–Trinajstić information content (AvgIpc) is 2.59. The van der Waals surface area contributed by atoms with Gasteiger partial charge in [0, 0.05) is 13.2 Å². The molecule has 0 N–H and O–H groups in total. The lowest BCUT2D eigenvalue weighted by Gasteiger charge is -2.26. The van der Waals surface area contributed by atoms with Crippen molar-refractivity contribution >= 4 is 20.3 Å². The largest absolute Gasteiger partial charge is 0.395 e. The summed E-state index contributed by atoms with van der Waals surface area (Å²) in [5.74, 6) is -5.44. The molecule has 0 bridgehead atoms. The molecule has 1 aromatic carbocycles. The van der Waals surface area contributed by atoms with Gasteiger partial charge in [-0.1, -0.05) is 8.96 Å². The molecule has 0 saturated heterocycles.